The van der Waals surface area contributed by atoms with E-state index in [-0.39, 0.29) is 17.9 Å². The normalized spacial score (nSPS) is 26.9. The molecule has 0 aliphatic heterocycles. The van der Waals surface area contributed by atoms with E-state index in [0.717, 1.165) is 25.8 Å². The summed E-state index contributed by atoms with van der Waals surface area (Å²) >= 11 is 0. The van der Waals surface area contributed by atoms with Crippen LogP contribution in [0, 0.1) is 11.8 Å². The molecule has 3 unspecified atom stereocenters. The van der Waals surface area contributed by atoms with Gasteiger partial charge < -0.3 is 16.0 Å². The summed E-state index contributed by atoms with van der Waals surface area (Å²) in [6.45, 7) is 3.57. The molecule has 0 spiro atoms. The molecule has 0 aromatic rings. The molecule has 1 aliphatic carbocycles. The van der Waals surface area contributed by atoms with Crippen molar-refractivity contribution in [3.8, 4) is 0 Å². The highest BCUT2D eigenvalue weighted by Gasteiger charge is 2.30. The van der Waals surface area contributed by atoms with Crippen molar-refractivity contribution < 1.29 is 4.79 Å². The van der Waals surface area contributed by atoms with Crippen LogP contribution in [0.5, 0.6) is 0 Å². The van der Waals surface area contributed by atoms with Gasteiger partial charge in [-0.2, -0.15) is 0 Å². The van der Waals surface area contributed by atoms with E-state index in [1.165, 1.54) is 6.42 Å². The molecule has 3 atom stereocenters. The highest BCUT2D eigenvalue weighted by atomic mass is 16.2. The Hall–Kier alpha value is -0.610. The van der Waals surface area contributed by atoms with Crippen LogP contribution in [0.3, 0.4) is 0 Å². The Balaban J connectivity index is 2.44. The van der Waals surface area contributed by atoms with Gasteiger partial charge in [0.25, 0.3) is 0 Å². The van der Waals surface area contributed by atoms with Crippen LogP contribution in [0.2, 0.25) is 0 Å². The summed E-state index contributed by atoms with van der Waals surface area (Å²) in [6.07, 6.45) is 4.49. The third-order valence-electron chi connectivity index (χ3n) is 3.58. The van der Waals surface area contributed by atoms with Crippen LogP contribution in [0.1, 0.15) is 32.6 Å². The van der Waals surface area contributed by atoms with Crippen molar-refractivity contribution in [3.63, 3.8) is 0 Å². The lowest BCUT2D eigenvalue weighted by molar-refractivity contribution is -0.128. The zero-order valence-electron chi connectivity index (χ0n) is 11.4. The third kappa shape index (κ3) is 4.64. The predicted octanol–water partition coefficient (Wildman–Crippen LogP) is 0.818. The van der Waals surface area contributed by atoms with E-state index in [0.29, 0.717) is 12.5 Å². The molecular weight excluding hydrogens is 214 g/mol. The van der Waals surface area contributed by atoms with Crippen LogP contribution >= 0.6 is 0 Å². The molecule has 0 saturated heterocycles. The minimum atomic E-state index is 0.137. The Bertz CT molecular complexity index is 243. The van der Waals surface area contributed by atoms with Crippen LogP contribution in [0.4, 0.5) is 0 Å². The molecule has 1 amide bonds. The topological polar surface area (TPSA) is 58.4 Å². The second-order valence-electron chi connectivity index (χ2n) is 5.56. The molecule has 0 heterocycles. The van der Waals surface area contributed by atoms with E-state index in [1.807, 2.05) is 14.1 Å². The lowest BCUT2D eigenvalue weighted by Gasteiger charge is -2.31. The first-order valence-electron chi connectivity index (χ1n) is 6.69. The summed E-state index contributed by atoms with van der Waals surface area (Å²) in [7, 11) is 4.04. The summed E-state index contributed by atoms with van der Waals surface area (Å²) in [5.41, 5.74) is 5.75. The molecule has 1 rings (SSSR count). The molecule has 4 nitrogen and oxygen atoms in total. The van der Waals surface area contributed by atoms with Gasteiger partial charge in [-0.15, -0.1) is 0 Å². The van der Waals surface area contributed by atoms with Crippen LogP contribution < -0.4 is 11.1 Å². The first-order valence-corrected chi connectivity index (χ1v) is 6.69. The second kappa shape index (κ2) is 6.97. The zero-order valence-corrected chi connectivity index (χ0v) is 11.4. The Morgan fingerprint density at radius 3 is 2.65 bits per heavy atom. The van der Waals surface area contributed by atoms with E-state index in [1.54, 1.807) is 0 Å². The molecule has 1 fully saturated rings. The van der Waals surface area contributed by atoms with Crippen molar-refractivity contribution >= 4 is 5.91 Å². The maximum atomic E-state index is 12.2. The highest BCUT2D eigenvalue weighted by molar-refractivity contribution is 5.79. The molecule has 0 aromatic carbocycles. The first kappa shape index (κ1) is 14.5. The van der Waals surface area contributed by atoms with Crippen molar-refractivity contribution in [2.24, 2.45) is 17.6 Å². The monoisotopic (exact) mass is 241 g/mol. The summed E-state index contributed by atoms with van der Waals surface area (Å²) in [5, 5.41) is 3.11. The molecule has 0 aromatic heterocycles. The number of rotatable bonds is 5. The lowest BCUT2D eigenvalue weighted by atomic mass is 9.78. The number of nitrogens with one attached hydrogen (secondary N) is 1. The van der Waals surface area contributed by atoms with E-state index >= 15 is 0 Å². The highest BCUT2D eigenvalue weighted by Crippen LogP contribution is 2.29. The summed E-state index contributed by atoms with van der Waals surface area (Å²) in [6, 6.07) is 0.206. The molecule has 0 bridgehead atoms. The minimum absolute atomic E-state index is 0.137. The fourth-order valence-electron chi connectivity index (χ4n) is 2.78. The SMILES string of the molecule is CC(CN(C)C)NC(=O)C1CCCCC1CN. The van der Waals surface area contributed by atoms with E-state index in [2.05, 4.69) is 17.1 Å². The van der Waals surface area contributed by atoms with Crippen molar-refractivity contribution in [1.82, 2.24) is 10.2 Å². The van der Waals surface area contributed by atoms with Gasteiger partial charge >= 0.3 is 0 Å². The molecule has 4 heteroatoms. The fraction of sp³-hybridized carbons (Fsp3) is 0.923. The summed E-state index contributed by atoms with van der Waals surface area (Å²) in [5.74, 6) is 0.725. The second-order valence-corrected chi connectivity index (χ2v) is 5.56. The number of nitrogens with zero attached hydrogens (tertiary/aromatic N) is 1. The first-order chi connectivity index (χ1) is 8.04. The number of hydrogen-bond donors (Lipinski definition) is 2. The van der Waals surface area contributed by atoms with Crippen LogP contribution in [0.15, 0.2) is 0 Å². The standard InChI is InChI=1S/C13H27N3O/c1-10(9-16(2)3)15-13(17)12-7-5-4-6-11(12)8-14/h10-12H,4-9,14H2,1-3H3,(H,15,17). The van der Waals surface area contributed by atoms with Gasteiger partial charge in [-0.3, -0.25) is 4.79 Å². The Kier molecular flexibility index (Phi) is 5.92. The summed E-state index contributed by atoms with van der Waals surface area (Å²) < 4.78 is 0. The Morgan fingerprint density at radius 2 is 2.06 bits per heavy atom. The van der Waals surface area contributed by atoms with Gasteiger partial charge in [-0.1, -0.05) is 12.8 Å². The van der Waals surface area contributed by atoms with E-state index < -0.39 is 0 Å². The molecule has 1 saturated carbocycles. The summed E-state index contributed by atoms with van der Waals surface area (Å²) in [4.78, 5) is 14.3. The van der Waals surface area contributed by atoms with Gasteiger partial charge in [0.1, 0.15) is 0 Å². The quantitative estimate of drug-likeness (QED) is 0.749. The van der Waals surface area contributed by atoms with Crippen molar-refractivity contribution in [2.75, 3.05) is 27.2 Å². The van der Waals surface area contributed by atoms with Gasteiger partial charge in [0.2, 0.25) is 5.91 Å². The predicted molar refractivity (Wildman–Crippen MR) is 70.7 cm³/mol. The zero-order chi connectivity index (χ0) is 12.8. The van der Waals surface area contributed by atoms with Gasteiger partial charge in [-0.05, 0) is 46.3 Å². The molecule has 3 N–H and O–H groups in total. The van der Waals surface area contributed by atoms with Crippen molar-refractivity contribution in [1.29, 1.82) is 0 Å². The molecule has 100 valence electrons. The number of amides is 1. The largest absolute Gasteiger partial charge is 0.352 e. The van der Waals surface area contributed by atoms with Gasteiger partial charge in [0, 0.05) is 18.5 Å². The molecule has 1 aliphatic rings. The maximum absolute atomic E-state index is 12.2. The van der Waals surface area contributed by atoms with E-state index in [9.17, 15) is 4.79 Å². The number of likely N-dealkylation sites (N-methyl/N-ethyl adjacent to an activating group) is 1. The average molecular weight is 241 g/mol. The third-order valence-corrected chi connectivity index (χ3v) is 3.58. The van der Waals surface area contributed by atoms with Crippen LogP contribution in [-0.2, 0) is 4.79 Å². The van der Waals surface area contributed by atoms with E-state index in [4.69, 9.17) is 5.73 Å². The maximum Gasteiger partial charge on any atom is 0.223 e. The Labute approximate surface area is 105 Å². The number of carbonyl (C=O) groups excluding carboxylic acids is 1. The number of carbonyl (C=O) groups is 1. The molecular formula is C13H27N3O. The fourth-order valence-corrected chi connectivity index (χ4v) is 2.78. The smallest absolute Gasteiger partial charge is 0.223 e. The number of hydrogen-bond acceptors (Lipinski definition) is 3. The number of nitrogens with two attached hydrogens (primary N) is 1. The minimum Gasteiger partial charge on any atom is -0.352 e. The molecule has 17 heavy (non-hydrogen) atoms. The van der Waals surface area contributed by atoms with Crippen LogP contribution in [-0.4, -0.2) is 44.0 Å². The average Bonchev–Trinajstić information content (AvgIpc) is 2.27. The van der Waals surface area contributed by atoms with Gasteiger partial charge in [0.05, 0.1) is 0 Å². The lowest BCUT2D eigenvalue weighted by Crippen LogP contribution is -2.45. The Morgan fingerprint density at radius 1 is 1.41 bits per heavy atom. The van der Waals surface area contributed by atoms with Crippen molar-refractivity contribution in [3.05, 3.63) is 0 Å². The van der Waals surface area contributed by atoms with Gasteiger partial charge in [-0.25, -0.2) is 0 Å². The van der Waals surface area contributed by atoms with Crippen molar-refractivity contribution in [2.45, 2.75) is 38.6 Å². The molecule has 0 radical (unpaired) electrons. The van der Waals surface area contributed by atoms with Gasteiger partial charge in [0.15, 0.2) is 0 Å². The van der Waals surface area contributed by atoms with Crippen LogP contribution in [0.25, 0.3) is 0 Å².